The molecule has 0 heterocycles. The number of hydrogen-bond acceptors (Lipinski definition) is 3. The van der Waals surface area contributed by atoms with E-state index in [9.17, 15) is 26.7 Å². The summed E-state index contributed by atoms with van der Waals surface area (Å²) in [6.45, 7) is 1.17. The van der Waals surface area contributed by atoms with Crippen molar-refractivity contribution in [1.82, 2.24) is 0 Å². The largest absolute Gasteiger partial charge is 0.461 e. The average Bonchev–Trinajstić information content (AvgIpc) is 2.28. The van der Waals surface area contributed by atoms with E-state index in [1.807, 2.05) is 0 Å². The molecule has 0 bridgehead atoms. The van der Waals surface area contributed by atoms with Gasteiger partial charge in [0.15, 0.2) is 0 Å². The van der Waals surface area contributed by atoms with Gasteiger partial charge in [-0.2, -0.15) is 22.0 Å². The zero-order chi connectivity index (χ0) is 14.7. The fraction of sp³-hybridized carbons (Fsp3) is 0.364. The van der Waals surface area contributed by atoms with E-state index >= 15 is 0 Å². The molecule has 0 spiro atoms. The van der Waals surface area contributed by atoms with Crippen LogP contribution in [0.25, 0.3) is 0 Å². The minimum atomic E-state index is -4.53. The van der Waals surface area contributed by atoms with Gasteiger partial charge in [0.05, 0.1) is 12.2 Å². The third kappa shape index (κ3) is 4.38. The van der Waals surface area contributed by atoms with Crippen molar-refractivity contribution in [1.29, 1.82) is 0 Å². The fourth-order valence-electron chi connectivity index (χ4n) is 1.12. The second-order valence-electron chi connectivity index (χ2n) is 3.36. The Hall–Kier alpha value is -1.31. The van der Waals surface area contributed by atoms with E-state index in [4.69, 9.17) is 0 Å². The van der Waals surface area contributed by atoms with Crippen molar-refractivity contribution >= 4 is 17.7 Å². The number of rotatable bonds is 4. The van der Waals surface area contributed by atoms with Gasteiger partial charge in [-0.3, -0.25) is 0 Å². The van der Waals surface area contributed by atoms with Crippen LogP contribution in [0, 0.1) is 0 Å². The van der Waals surface area contributed by atoms with Gasteiger partial charge in [0.2, 0.25) is 0 Å². The van der Waals surface area contributed by atoms with Crippen molar-refractivity contribution in [2.24, 2.45) is 0 Å². The predicted molar refractivity (Wildman–Crippen MR) is 58.9 cm³/mol. The Morgan fingerprint density at radius 2 is 1.68 bits per heavy atom. The van der Waals surface area contributed by atoms with Crippen molar-refractivity contribution in [3.63, 3.8) is 0 Å². The molecule has 0 aliphatic rings. The Labute approximate surface area is 109 Å². The molecule has 0 saturated heterocycles. The van der Waals surface area contributed by atoms with E-state index in [2.05, 4.69) is 4.74 Å². The van der Waals surface area contributed by atoms with Crippen LogP contribution in [0.1, 0.15) is 12.5 Å². The van der Waals surface area contributed by atoms with E-state index in [-0.39, 0.29) is 23.3 Å². The smallest absolute Gasteiger partial charge is 0.416 e. The number of thioether (sulfide) groups is 1. The highest BCUT2D eigenvalue weighted by molar-refractivity contribution is 8.01. The van der Waals surface area contributed by atoms with Crippen LogP contribution in [0.2, 0.25) is 0 Å². The van der Waals surface area contributed by atoms with Crippen molar-refractivity contribution in [3.05, 3.63) is 29.8 Å². The zero-order valence-corrected chi connectivity index (χ0v) is 10.4. The monoisotopic (exact) mass is 300 g/mol. The summed E-state index contributed by atoms with van der Waals surface area (Å²) >= 11 is -0.162. The molecule has 0 radical (unpaired) electrons. The van der Waals surface area contributed by atoms with Crippen LogP contribution in [-0.4, -0.2) is 17.8 Å². The minimum Gasteiger partial charge on any atom is -0.461 e. The maximum atomic E-state index is 13.3. The standard InChI is InChI=1S/C11H9F5O2S/c1-2-18-9(17)11(15,16)19-8-5-3-7(4-6-8)10(12,13)14/h3-6H,2H2,1H3. The molecule has 0 amide bonds. The first-order chi connectivity index (χ1) is 8.66. The Kier molecular flexibility index (Phi) is 4.78. The van der Waals surface area contributed by atoms with Crippen LogP contribution < -0.4 is 0 Å². The zero-order valence-electron chi connectivity index (χ0n) is 9.63. The van der Waals surface area contributed by atoms with Gasteiger partial charge >= 0.3 is 17.4 Å². The summed E-state index contributed by atoms with van der Waals surface area (Å²) in [5.74, 6) is -1.72. The topological polar surface area (TPSA) is 26.3 Å². The maximum absolute atomic E-state index is 13.3. The molecule has 8 heteroatoms. The second-order valence-corrected chi connectivity index (χ2v) is 4.55. The molecular formula is C11H9F5O2S. The van der Waals surface area contributed by atoms with E-state index in [0.29, 0.717) is 12.1 Å². The first-order valence-electron chi connectivity index (χ1n) is 5.08. The van der Waals surface area contributed by atoms with E-state index in [0.717, 1.165) is 12.1 Å². The lowest BCUT2D eigenvalue weighted by atomic mass is 10.2. The minimum absolute atomic E-state index is 0.161. The summed E-state index contributed by atoms with van der Waals surface area (Å²) in [5, 5.41) is -3.84. The van der Waals surface area contributed by atoms with Gasteiger partial charge in [-0.15, -0.1) is 0 Å². The highest BCUT2D eigenvalue weighted by atomic mass is 32.2. The molecule has 2 nitrogen and oxygen atoms in total. The molecule has 0 N–H and O–H groups in total. The van der Waals surface area contributed by atoms with Crippen molar-refractivity contribution in [2.45, 2.75) is 23.3 Å². The first kappa shape index (κ1) is 15.7. The summed E-state index contributed by atoms with van der Waals surface area (Å²) in [6.07, 6.45) is -4.53. The SMILES string of the molecule is CCOC(=O)C(F)(F)Sc1ccc(C(F)(F)F)cc1. The van der Waals surface area contributed by atoms with Gasteiger partial charge in [-0.05, 0) is 43.0 Å². The maximum Gasteiger partial charge on any atom is 0.416 e. The third-order valence-electron chi connectivity index (χ3n) is 1.94. The highest BCUT2D eigenvalue weighted by Crippen LogP contribution is 2.38. The number of carbonyl (C=O) groups is 1. The lowest BCUT2D eigenvalue weighted by Gasteiger charge is -2.14. The van der Waals surface area contributed by atoms with Crippen molar-refractivity contribution in [2.75, 3.05) is 6.61 Å². The van der Waals surface area contributed by atoms with Crippen molar-refractivity contribution in [3.8, 4) is 0 Å². The Bertz CT molecular complexity index is 441. The second kappa shape index (κ2) is 5.77. The Morgan fingerprint density at radius 1 is 1.16 bits per heavy atom. The number of halogens is 5. The van der Waals surface area contributed by atoms with Crippen LogP contribution in [-0.2, 0) is 15.7 Å². The van der Waals surface area contributed by atoms with Crippen LogP contribution >= 0.6 is 11.8 Å². The molecule has 0 fully saturated rings. The molecule has 0 saturated carbocycles. The summed E-state index contributed by atoms with van der Waals surface area (Å²) in [4.78, 5) is 10.8. The van der Waals surface area contributed by atoms with Gasteiger partial charge in [-0.25, -0.2) is 4.79 Å². The summed E-state index contributed by atoms with van der Waals surface area (Å²) in [5.41, 5.74) is -0.948. The van der Waals surface area contributed by atoms with E-state index < -0.39 is 23.0 Å². The molecule has 0 aliphatic heterocycles. The number of carbonyl (C=O) groups excluding carboxylic acids is 1. The molecule has 1 aromatic carbocycles. The molecule has 0 aromatic heterocycles. The molecule has 1 aromatic rings. The number of esters is 1. The van der Waals surface area contributed by atoms with Gasteiger partial charge < -0.3 is 4.74 Å². The lowest BCUT2D eigenvalue weighted by molar-refractivity contribution is -0.159. The van der Waals surface area contributed by atoms with Crippen molar-refractivity contribution < 1.29 is 31.5 Å². The molecular weight excluding hydrogens is 291 g/mol. The van der Waals surface area contributed by atoms with Crippen LogP contribution in [0.4, 0.5) is 22.0 Å². The summed E-state index contributed by atoms with van der Waals surface area (Å²) < 4.78 is 67.5. The van der Waals surface area contributed by atoms with E-state index in [1.165, 1.54) is 6.92 Å². The van der Waals surface area contributed by atoms with Gasteiger partial charge in [-0.1, -0.05) is 0 Å². The normalized spacial score (nSPS) is 12.3. The average molecular weight is 300 g/mol. The molecule has 1 rings (SSSR count). The van der Waals surface area contributed by atoms with Crippen LogP contribution in [0.3, 0.4) is 0 Å². The fourth-order valence-corrected chi connectivity index (χ4v) is 1.83. The summed E-state index contributed by atoms with van der Waals surface area (Å²) in [7, 11) is 0. The molecule has 19 heavy (non-hydrogen) atoms. The first-order valence-corrected chi connectivity index (χ1v) is 5.90. The van der Waals surface area contributed by atoms with Crippen LogP contribution in [0.15, 0.2) is 29.2 Å². The van der Waals surface area contributed by atoms with Gasteiger partial charge in [0.25, 0.3) is 0 Å². The summed E-state index contributed by atoms with van der Waals surface area (Å²) in [6, 6.07) is 3.09. The quantitative estimate of drug-likeness (QED) is 0.478. The number of hydrogen-bond donors (Lipinski definition) is 0. The number of alkyl halides is 5. The molecule has 0 atom stereocenters. The Balaban J connectivity index is 2.80. The third-order valence-corrected chi connectivity index (χ3v) is 2.87. The van der Waals surface area contributed by atoms with Gasteiger partial charge in [0, 0.05) is 4.90 Å². The van der Waals surface area contributed by atoms with E-state index in [1.54, 1.807) is 0 Å². The predicted octanol–water partition coefficient (Wildman–Crippen LogP) is 3.95. The Morgan fingerprint density at radius 3 is 2.11 bits per heavy atom. The highest BCUT2D eigenvalue weighted by Gasteiger charge is 2.42. The number of benzene rings is 1. The van der Waals surface area contributed by atoms with Crippen LogP contribution in [0.5, 0.6) is 0 Å². The lowest BCUT2D eigenvalue weighted by Crippen LogP contribution is -2.26. The van der Waals surface area contributed by atoms with Gasteiger partial charge in [0.1, 0.15) is 0 Å². The molecule has 0 unspecified atom stereocenters. The number of ether oxygens (including phenoxy) is 1. The molecule has 106 valence electrons. The molecule has 0 aliphatic carbocycles.